The summed E-state index contributed by atoms with van der Waals surface area (Å²) in [5.74, 6) is -0.191. The van der Waals surface area contributed by atoms with Crippen LogP contribution in [-0.2, 0) is 21.2 Å². The summed E-state index contributed by atoms with van der Waals surface area (Å²) in [7, 11) is -3.21. The van der Waals surface area contributed by atoms with Crippen molar-refractivity contribution in [3.63, 3.8) is 0 Å². The second-order valence-corrected chi connectivity index (χ2v) is 5.73. The number of sulfonamides is 1. The Morgan fingerprint density at radius 3 is 2.56 bits per heavy atom. The van der Waals surface area contributed by atoms with Gasteiger partial charge in [-0.05, 0) is 11.6 Å². The summed E-state index contributed by atoms with van der Waals surface area (Å²) in [4.78, 5) is 11.5. The van der Waals surface area contributed by atoms with Gasteiger partial charge in [0.2, 0.25) is 15.9 Å². The van der Waals surface area contributed by atoms with E-state index in [9.17, 15) is 13.2 Å². The predicted octanol–water partition coefficient (Wildman–Crippen LogP) is -0.523. The van der Waals surface area contributed by atoms with E-state index < -0.39 is 10.0 Å². The highest BCUT2D eigenvalue weighted by molar-refractivity contribution is 7.88. The highest BCUT2D eigenvalue weighted by Crippen LogP contribution is 2.10. The summed E-state index contributed by atoms with van der Waals surface area (Å²) < 4.78 is 23.8. The van der Waals surface area contributed by atoms with Crippen LogP contribution in [0, 0.1) is 0 Å². The number of carbonyl (C=O) groups excluding carboxylic acids is 1. The minimum absolute atomic E-state index is 0.175. The van der Waals surface area contributed by atoms with Gasteiger partial charge in [0, 0.05) is 18.8 Å². The smallest absolute Gasteiger partial charge is 0.224 e. The molecule has 1 amide bonds. The van der Waals surface area contributed by atoms with Crippen LogP contribution in [-0.4, -0.2) is 33.7 Å². The summed E-state index contributed by atoms with van der Waals surface area (Å²) in [5.41, 5.74) is 7.04. The molecule has 0 radical (unpaired) electrons. The lowest BCUT2D eigenvalue weighted by atomic mass is 10.1. The molecule has 0 aromatic heterocycles. The number of benzene rings is 1. The number of nitrogen functional groups attached to an aromatic ring is 1. The molecule has 6 nitrogen and oxygen atoms in total. The lowest BCUT2D eigenvalue weighted by molar-refractivity contribution is -0.120. The molecule has 4 N–H and O–H groups in total. The molecule has 0 fully saturated rings. The molecule has 0 aliphatic carbocycles. The fraction of sp³-hybridized carbons (Fsp3) is 0.364. The van der Waals surface area contributed by atoms with Crippen LogP contribution in [0.3, 0.4) is 0 Å². The molecule has 0 aliphatic rings. The monoisotopic (exact) mass is 271 g/mol. The van der Waals surface area contributed by atoms with Gasteiger partial charge in [-0.15, -0.1) is 0 Å². The van der Waals surface area contributed by atoms with Gasteiger partial charge in [-0.2, -0.15) is 0 Å². The zero-order chi connectivity index (χ0) is 13.6. The molecule has 1 rings (SSSR count). The molecule has 0 unspecified atom stereocenters. The van der Waals surface area contributed by atoms with Gasteiger partial charge in [-0.3, -0.25) is 4.79 Å². The first kappa shape index (κ1) is 14.5. The van der Waals surface area contributed by atoms with Crippen molar-refractivity contribution in [2.45, 2.75) is 6.42 Å². The van der Waals surface area contributed by atoms with E-state index in [2.05, 4.69) is 10.0 Å². The van der Waals surface area contributed by atoms with Crippen molar-refractivity contribution in [1.82, 2.24) is 10.0 Å². The van der Waals surface area contributed by atoms with Crippen molar-refractivity contribution in [2.24, 2.45) is 0 Å². The van der Waals surface area contributed by atoms with Crippen LogP contribution in [0.25, 0.3) is 0 Å². The largest absolute Gasteiger partial charge is 0.398 e. The summed E-state index contributed by atoms with van der Waals surface area (Å²) in [6.07, 6.45) is 1.25. The first-order valence-electron chi connectivity index (χ1n) is 5.43. The lowest BCUT2D eigenvalue weighted by Crippen LogP contribution is -2.34. The molecule has 0 aliphatic heterocycles. The van der Waals surface area contributed by atoms with Crippen LogP contribution in [0.5, 0.6) is 0 Å². The molecule has 100 valence electrons. The van der Waals surface area contributed by atoms with Crippen molar-refractivity contribution in [3.8, 4) is 0 Å². The zero-order valence-electron chi connectivity index (χ0n) is 10.1. The first-order valence-corrected chi connectivity index (χ1v) is 7.32. The van der Waals surface area contributed by atoms with E-state index in [-0.39, 0.29) is 25.4 Å². The van der Waals surface area contributed by atoms with Gasteiger partial charge in [0.25, 0.3) is 0 Å². The Hall–Kier alpha value is -1.60. The number of amides is 1. The van der Waals surface area contributed by atoms with Crippen LogP contribution in [0.4, 0.5) is 5.69 Å². The van der Waals surface area contributed by atoms with E-state index >= 15 is 0 Å². The highest BCUT2D eigenvalue weighted by Gasteiger charge is 2.05. The molecule has 1 aromatic carbocycles. The maximum Gasteiger partial charge on any atom is 0.224 e. The van der Waals surface area contributed by atoms with Crippen molar-refractivity contribution >= 4 is 21.6 Å². The summed E-state index contributed by atoms with van der Waals surface area (Å²) in [6, 6.07) is 7.12. The average molecular weight is 271 g/mol. The topological polar surface area (TPSA) is 101 Å². The molecule has 0 heterocycles. The normalized spacial score (nSPS) is 11.2. The second kappa shape index (κ2) is 6.36. The number of nitrogens with two attached hydrogens (primary N) is 1. The molecular formula is C11H17N3O3S. The maximum atomic E-state index is 11.5. The van der Waals surface area contributed by atoms with Crippen LogP contribution in [0.1, 0.15) is 5.56 Å². The minimum atomic E-state index is -3.21. The Morgan fingerprint density at radius 2 is 1.94 bits per heavy atom. The molecular weight excluding hydrogens is 254 g/mol. The number of nitrogens with one attached hydrogen (secondary N) is 2. The van der Waals surface area contributed by atoms with Gasteiger partial charge in [0.15, 0.2) is 0 Å². The number of carbonyl (C=O) groups is 1. The Morgan fingerprint density at radius 1 is 1.28 bits per heavy atom. The standard InChI is InChI=1S/C11H17N3O3S/c1-18(16,17)14-7-6-13-11(15)8-9-4-2-3-5-10(9)12/h2-5,14H,6-8,12H2,1H3,(H,13,15). The van der Waals surface area contributed by atoms with E-state index in [0.717, 1.165) is 11.8 Å². The van der Waals surface area contributed by atoms with Gasteiger partial charge in [0.1, 0.15) is 0 Å². The summed E-state index contributed by atoms with van der Waals surface area (Å²) >= 11 is 0. The third-order valence-electron chi connectivity index (χ3n) is 2.22. The quantitative estimate of drug-likeness (QED) is 0.478. The molecule has 0 atom stereocenters. The Balaban J connectivity index is 2.33. The fourth-order valence-corrected chi connectivity index (χ4v) is 1.84. The lowest BCUT2D eigenvalue weighted by Gasteiger charge is -2.07. The molecule has 0 saturated heterocycles. The summed E-state index contributed by atoms with van der Waals surface area (Å²) in [5, 5.41) is 2.61. The molecule has 7 heteroatoms. The van der Waals surface area contributed by atoms with Gasteiger partial charge >= 0.3 is 0 Å². The Bertz CT molecular complexity index is 514. The van der Waals surface area contributed by atoms with Crippen molar-refractivity contribution in [1.29, 1.82) is 0 Å². The van der Waals surface area contributed by atoms with E-state index in [1.54, 1.807) is 18.2 Å². The zero-order valence-corrected chi connectivity index (χ0v) is 11.0. The van der Waals surface area contributed by atoms with Crippen LogP contribution < -0.4 is 15.8 Å². The molecule has 18 heavy (non-hydrogen) atoms. The van der Waals surface area contributed by atoms with Crippen molar-refractivity contribution < 1.29 is 13.2 Å². The maximum absolute atomic E-state index is 11.5. The molecule has 0 bridgehead atoms. The second-order valence-electron chi connectivity index (χ2n) is 3.89. The van der Waals surface area contributed by atoms with Crippen molar-refractivity contribution in [2.75, 3.05) is 25.1 Å². The average Bonchev–Trinajstić information content (AvgIpc) is 2.26. The first-order chi connectivity index (χ1) is 8.38. The number of rotatable bonds is 6. The molecule has 0 saturated carbocycles. The molecule has 1 aromatic rings. The SMILES string of the molecule is CS(=O)(=O)NCCNC(=O)Cc1ccccc1N. The molecule has 0 spiro atoms. The van der Waals surface area contributed by atoms with Crippen LogP contribution >= 0.6 is 0 Å². The number of hydrogen-bond donors (Lipinski definition) is 3. The Kier molecular flexibility index (Phi) is 5.11. The van der Waals surface area contributed by atoms with Crippen LogP contribution in [0.2, 0.25) is 0 Å². The van der Waals surface area contributed by atoms with Gasteiger partial charge < -0.3 is 11.1 Å². The fourth-order valence-electron chi connectivity index (χ4n) is 1.37. The third kappa shape index (κ3) is 5.65. The van der Waals surface area contributed by atoms with Crippen LogP contribution in [0.15, 0.2) is 24.3 Å². The Labute approximate surface area is 107 Å². The van der Waals surface area contributed by atoms with E-state index in [0.29, 0.717) is 5.69 Å². The van der Waals surface area contributed by atoms with Gasteiger partial charge in [-0.1, -0.05) is 18.2 Å². The third-order valence-corrected chi connectivity index (χ3v) is 2.95. The predicted molar refractivity (Wildman–Crippen MR) is 70.4 cm³/mol. The van der Waals surface area contributed by atoms with E-state index in [1.165, 1.54) is 0 Å². The van der Waals surface area contributed by atoms with E-state index in [4.69, 9.17) is 5.73 Å². The minimum Gasteiger partial charge on any atom is -0.398 e. The highest BCUT2D eigenvalue weighted by atomic mass is 32.2. The number of hydrogen-bond acceptors (Lipinski definition) is 4. The summed E-state index contributed by atoms with van der Waals surface area (Å²) in [6.45, 7) is 0.424. The number of anilines is 1. The van der Waals surface area contributed by atoms with Crippen molar-refractivity contribution in [3.05, 3.63) is 29.8 Å². The van der Waals surface area contributed by atoms with E-state index in [1.807, 2.05) is 6.07 Å². The van der Waals surface area contributed by atoms with Gasteiger partial charge in [-0.25, -0.2) is 13.1 Å². The van der Waals surface area contributed by atoms with Gasteiger partial charge in [0.05, 0.1) is 12.7 Å². The number of para-hydroxylation sites is 1.